The maximum absolute atomic E-state index is 14.1. The van der Waals surface area contributed by atoms with Crippen molar-refractivity contribution in [3.05, 3.63) is 88.6 Å². The van der Waals surface area contributed by atoms with Crippen LogP contribution >= 0.6 is 0 Å². The smallest absolute Gasteiger partial charge is 0.264 e. The first kappa shape index (κ1) is 25.7. The molecule has 0 spiro atoms. The lowest BCUT2D eigenvalue weighted by Gasteiger charge is -2.11. The van der Waals surface area contributed by atoms with Crippen molar-refractivity contribution in [1.29, 1.82) is 0 Å². The average Bonchev–Trinajstić information content (AvgIpc) is 2.84. The van der Waals surface area contributed by atoms with Gasteiger partial charge < -0.3 is 5.73 Å². The van der Waals surface area contributed by atoms with Crippen LogP contribution in [-0.4, -0.2) is 28.4 Å². The van der Waals surface area contributed by atoms with Crippen molar-refractivity contribution in [3.63, 3.8) is 0 Å². The van der Waals surface area contributed by atoms with E-state index in [-0.39, 0.29) is 11.6 Å². The molecule has 0 aliphatic rings. The summed E-state index contributed by atoms with van der Waals surface area (Å²) < 4.78 is 55.2. The first-order chi connectivity index (χ1) is 17.6. The first-order valence-electron chi connectivity index (χ1n) is 11.1. The second kappa shape index (κ2) is 10.3. The monoisotopic (exact) mass is 520 g/mol. The van der Waals surface area contributed by atoms with Crippen LogP contribution in [0.15, 0.2) is 53.7 Å². The van der Waals surface area contributed by atoms with Crippen LogP contribution in [0.1, 0.15) is 35.1 Å². The van der Waals surface area contributed by atoms with E-state index >= 15 is 0 Å². The summed E-state index contributed by atoms with van der Waals surface area (Å²) in [7, 11) is -4.35. The van der Waals surface area contributed by atoms with Gasteiger partial charge in [-0.25, -0.2) is 27.2 Å². The fourth-order valence-electron chi connectivity index (χ4n) is 3.55. The fourth-order valence-corrected chi connectivity index (χ4v) is 4.72. The maximum Gasteiger partial charge on any atom is 0.264 e. The highest BCUT2D eigenvalue weighted by atomic mass is 32.2. The Morgan fingerprint density at radius 1 is 1.03 bits per heavy atom. The number of aromatic nitrogens is 4. The van der Waals surface area contributed by atoms with Crippen molar-refractivity contribution in [2.75, 3.05) is 10.5 Å². The quantitative estimate of drug-likeness (QED) is 0.379. The molecule has 0 saturated carbocycles. The van der Waals surface area contributed by atoms with Crippen LogP contribution in [0.3, 0.4) is 0 Å². The summed E-state index contributed by atoms with van der Waals surface area (Å²) in [5, 5.41) is 0. The van der Waals surface area contributed by atoms with Gasteiger partial charge in [0.1, 0.15) is 16.5 Å². The van der Waals surface area contributed by atoms with Crippen molar-refractivity contribution < 1.29 is 17.2 Å². The van der Waals surface area contributed by atoms with Gasteiger partial charge in [0.25, 0.3) is 10.0 Å². The average molecular weight is 521 g/mol. The van der Waals surface area contributed by atoms with Crippen molar-refractivity contribution in [1.82, 2.24) is 19.9 Å². The number of anilines is 2. The standard InChI is InChI=1S/C26H22F2N6O2S/c1-4-22-20(25(33-26(29)32-22)18-9-10-30-15(2)11-18)7-5-17-12-23(16(3)31-14-17)34-37(35,36)24-8-6-19(27)13-21(24)28/h6,8-14,34H,4H2,1-3H3,(H2,29,32,33). The number of nitrogens with one attached hydrogen (secondary N) is 1. The summed E-state index contributed by atoms with van der Waals surface area (Å²) in [5.41, 5.74) is 10.1. The van der Waals surface area contributed by atoms with Gasteiger partial charge in [0.15, 0.2) is 0 Å². The van der Waals surface area contributed by atoms with Gasteiger partial charge in [-0.3, -0.25) is 14.7 Å². The molecule has 0 fully saturated rings. The fraction of sp³-hybridized carbons (Fsp3) is 0.154. The number of nitrogens with two attached hydrogens (primary N) is 1. The van der Waals surface area contributed by atoms with Gasteiger partial charge in [0.05, 0.1) is 28.3 Å². The van der Waals surface area contributed by atoms with E-state index in [1.807, 2.05) is 19.9 Å². The molecule has 3 N–H and O–H groups in total. The van der Waals surface area contributed by atoms with E-state index in [1.165, 1.54) is 12.3 Å². The third-order valence-corrected chi connectivity index (χ3v) is 6.75. The van der Waals surface area contributed by atoms with E-state index < -0.39 is 26.6 Å². The van der Waals surface area contributed by atoms with Gasteiger partial charge in [0, 0.05) is 35.3 Å². The Kier molecular flexibility index (Phi) is 7.13. The molecule has 0 radical (unpaired) electrons. The molecule has 3 heterocycles. The van der Waals surface area contributed by atoms with E-state index in [1.54, 1.807) is 19.2 Å². The normalized spacial score (nSPS) is 11.1. The number of rotatable bonds is 5. The molecular weight excluding hydrogens is 498 g/mol. The number of aryl methyl sites for hydroxylation is 3. The summed E-state index contributed by atoms with van der Waals surface area (Å²) in [6, 6.07) is 7.37. The van der Waals surface area contributed by atoms with E-state index in [2.05, 4.69) is 36.5 Å². The lowest BCUT2D eigenvalue weighted by Crippen LogP contribution is -2.16. The zero-order valence-corrected chi connectivity index (χ0v) is 21.0. The number of hydrogen-bond donors (Lipinski definition) is 2. The molecule has 11 heteroatoms. The molecule has 188 valence electrons. The van der Waals surface area contributed by atoms with Gasteiger partial charge in [-0.1, -0.05) is 18.8 Å². The number of benzene rings is 1. The molecule has 3 aromatic heterocycles. The van der Waals surface area contributed by atoms with Crippen LogP contribution in [0.25, 0.3) is 11.3 Å². The van der Waals surface area contributed by atoms with Crippen LogP contribution in [0, 0.1) is 37.3 Å². The Morgan fingerprint density at radius 2 is 1.81 bits per heavy atom. The van der Waals surface area contributed by atoms with Crippen LogP contribution in [0.5, 0.6) is 0 Å². The minimum absolute atomic E-state index is 0.102. The van der Waals surface area contributed by atoms with Crippen molar-refractivity contribution >= 4 is 21.7 Å². The zero-order chi connectivity index (χ0) is 26.7. The number of hydrogen-bond acceptors (Lipinski definition) is 7. The Balaban J connectivity index is 1.75. The Hall–Kier alpha value is -4.43. The van der Waals surface area contributed by atoms with E-state index in [4.69, 9.17) is 5.73 Å². The number of pyridine rings is 2. The lowest BCUT2D eigenvalue weighted by molar-refractivity contribution is 0.551. The van der Waals surface area contributed by atoms with E-state index in [9.17, 15) is 17.2 Å². The van der Waals surface area contributed by atoms with Crippen LogP contribution < -0.4 is 10.5 Å². The summed E-state index contributed by atoms with van der Waals surface area (Å²) in [6.45, 7) is 5.37. The highest BCUT2D eigenvalue weighted by Gasteiger charge is 2.21. The highest BCUT2D eigenvalue weighted by Crippen LogP contribution is 2.25. The minimum Gasteiger partial charge on any atom is -0.368 e. The summed E-state index contributed by atoms with van der Waals surface area (Å²) in [6.07, 6.45) is 3.70. The molecular formula is C26H22F2N6O2S. The first-order valence-corrected chi connectivity index (χ1v) is 12.6. The molecule has 4 aromatic rings. The van der Waals surface area contributed by atoms with Gasteiger partial charge in [0.2, 0.25) is 5.95 Å². The van der Waals surface area contributed by atoms with Gasteiger partial charge in [-0.2, -0.15) is 0 Å². The van der Waals surface area contributed by atoms with Gasteiger partial charge in [-0.15, -0.1) is 0 Å². The van der Waals surface area contributed by atoms with Gasteiger partial charge >= 0.3 is 0 Å². The van der Waals surface area contributed by atoms with Crippen molar-refractivity contribution in [2.45, 2.75) is 32.1 Å². The highest BCUT2D eigenvalue weighted by molar-refractivity contribution is 7.92. The van der Waals surface area contributed by atoms with Crippen LogP contribution in [0.4, 0.5) is 20.4 Å². The summed E-state index contributed by atoms with van der Waals surface area (Å²) in [5.74, 6) is 4.10. The lowest BCUT2D eigenvalue weighted by atomic mass is 10.0. The molecule has 0 amide bonds. The molecule has 0 bridgehead atoms. The molecule has 0 saturated heterocycles. The summed E-state index contributed by atoms with van der Waals surface area (Å²) >= 11 is 0. The topological polar surface area (TPSA) is 124 Å². The number of nitrogen functional groups attached to an aromatic ring is 1. The van der Waals surface area contributed by atoms with E-state index in [0.717, 1.165) is 23.4 Å². The largest absolute Gasteiger partial charge is 0.368 e. The van der Waals surface area contributed by atoms with Crippen molar-refractivity contribution in [2.24, 2.45) is 0 Å². The number of nitrogens with zero attached hydrogens (tertiary/aromatic N) is 4. The molecule has 0 aliphatic heterocycles. The maximum atomic E-state index is 14.1. The van der Waals surface area contributed by atoms with Gasteiger partial charge in [-0.05, 0) is 50.6 Å². The zero-order valence-electron chi connectivity index (χ0n) is 20.2. The molecule has 0 aliphatic carbocycles. The Morgan fingerprint density at radius 3 is 2.51 bits per heavy atom. The molecule has 1 aromatic carbocycles. The molecule has 4 rings (SSSR count). The van der Waals surface area contributed by atoms with E-state index in [0.29, 0.717) is 40.7 Å². The SMILES string of the molecule is CCc1nc(N)nc(-c2ccnc(C)c2)c1C#Cc1cnc(C)c(NS(=O)(=O)c2ccc(F)cc2F)c1. The third kappa shape index (κ3) is 5.70. The third-order valence-electron chi connectivity index (χ3n) is 5.35. The molecule has 37 heavy (non-hydrogen) atoms. The van der Waals surface area contributed by atoms with Crippen LogP contribution in [0.2, 0.25) is 0 Å². The second-order valence-corrected chi connectivity index (χ2v) is 9.73. The Bertz CT molecular complexity index is 1680. The molecule has 0 atom stereocenters. The molecule has 0 unspecified atom stereocenters. The summed E-state index contributed by atoms with van der Waals surface area (Å²) in [4.78, 5) is 16.5. The number of sulfonamides is 1. The minimum atomic E-state index is -4.35. The number of halogens is 2. The Labute approximate surface area is 213 Å². The molecule has 8 nitrogen and oxygen atoms in total. The second-order valence-electron chi connectivity index (χ2n) is 8.08. The van der Waals surface area contributed by atoms with Crippen LogP contribution in [-0.2, 0) is 16.4 Å². The predicted molar refractivity (Wildman–Crippen MR) is 136 cm³/mol. The predicted octanol–water partition coefficient (Wildman–Crippen LogP) is 4.17. The van der Waals surface area contributed by atoms with Crippen molar-refractivity contribution in [3.8, 4) is 23.1 Å².